The summed E-state index contributed by atoms with van der Waals surface area (Å²) >= 11 is 0. The lowest BCUT2D eigenvalue weighted by molar-refractivity contribution is 0.111. The first kappa shape index (κ1) is 15.7. The fourth-order valence-corrected chi connectivity index (χ4v) is 3.19. The second kappa shape index (κ2) is 6.60. The number of nitrogens with zero attached hydrogens (tertiary/aromatic N) is 6. The number of pyridine rings is 1. The first-order chi connectivity index (χ1) is 12.3. The van der Waals surface area contributed by atoms with Crippen LogP contribution in [0.25, 0.3) is 16.9 Å². The van der Waals surface area contributed by atoms with Crippen molar-refractivity contribution in [2.45, 2.75) is 6.92 Å². The van der Waals surface area contributed by atoms with Crippen molar-refractivity contribution in [2.24, 2.45) is 0 Å². The Kier molecular flexibility index (Phi) is 4.15. The zero-order chi connectivity index (χ0) is 17.2. The molecule has 0 unspecified atom stereocenters. The molecule has 25 heavy (non-hydrogen) atoms. The van der Waals surface area contributed by atoms with Crippen molar-refractivity contribution in [3.63, 3.8) is 0 Å². The third-order valence-electron chi connectivity index (χ3n) is 4.72. The summed E-state index contributed by atoms with van der Waals surface area (Å²) < 4.78 is 1.67. The predicted molar refractivity (Wildman–Crippen MR) is 96.4 cm³/mol. The first-order valence-corrected chi connectivity index (χ1v) is 8.54. The third kappa shape index (κ3) is 2.98. The van der Waals surface area contributed by atoms with E-state index in [-0.39, 0.29) is 0 Å². The molecule has 2 aromatic heterocycles. The zero-order valence-electron chi connectivity index (χ0n) is 14.2. The minimum absolute atomic E-state index is 0.376. The molecule has 0 radical (unpaired) electrons. The normalized spacial score (nSPS) is 15.6. The fraction of sp³-hybridized carbons (Fsp3) is 0.333. The summed E-state index contributed by atoms with van der Waals surface area (Å²) in [6.45, 7) is 7.61. The Morgan fingerprint density at radius 1 is 1.00 bits per heavy atom. The van der Waals surface area contributed by atoms with E-state index in [9.17, 15) is 4.79 Å². The van der Waals surface area contributed by atoms with Crippen LogP contribution in [0.3, 0.4) is 0 Å². The molecule has 0 bridgehead atoms. The Morgan fingerprint density at radius 2 is 1.72 bits per heavy atom. The van der Waals surface area contributed by atoms with Crippen molar-refractivity contribution in [2.75, 3.05) is 37.6 Å². The summed E-state index contributed by atoms with van der Waals surface area (Å²) in [5.74, 6) is 0. The highest BCUT2D eigenvalue weighted by Crippen LogP contribution is 2.20. The summed E-state index contributed by atoms with van der Waals surface area (Å²) in [6, 6.07) is 11.7. The van der Waals surface area contributed by atoms with Crippen molar-refractivity contribution < 1.29 is 4.79 Å². The van der Waals surface area contributed by atoms with E-state index in [1.54, 1.807) is 16.8 Å². The molecule has 1 saturated heterocycles. The van der Waals surface area contributed by atoms with Crippen LogP contribution in [0.5, 0.6) is 0 Å². The van der Waals surface area contributed by atoms with E-state index in [0.29, 0.717) is 16.9 Å². The average Bonchev–Trinajstić information content (AvgIpc) is 3.11. The van der Waals surface area contributed by atoms with E-state index in [4.69, 9.17) is 0 Å². The van der Waals surface area contributed by atoms with Crippen LogP contribution in [0.1, 0.15) is 17.4 Å². The van der Waals surface area contributed by atoms with Gasteiger partial charge in [0.1, 0.15) is 11.2 Å². The van der Waals surface area contributed by atoms with Crippen molar-refractivity contribution in [3.8, 4) is 5.69 Å². The molecule has 7 nitrogen and oxygen atoms in total. The summed E-state index contributed by atoms with van der Waals surface area (Å²) in [5.41, 5.74) is 3.74. The van der Waals surface area contributed by atoms with E-state index in [1.165, 1.54) is 5.69 Å². The molecule has 0 atom stereocenters. The SMILES string of the molecule is CCN1CCN(c2ccc(-n3nnc4ccc(C=O)nc43)cc2)CC1. The van der Waals surface area contributed by atoms with Crippen LogP contribution in [0.15, 0.2) is 36.4 Å². The molecule has 0 saturated carbocycles. The van der Waals surface area contributed by atoms with Gasteiger partial charge in [-0.15, -0.1) is 5.10 Å². The average molecular weight is 336 g/mol. The van der Waals surface area contributed by atoms with Crippen LogP contribution >= 0.6 is 0 Å². The minimum atomic E-state index is 0.376. The molecular weight excluding hydrogens is 316 g/mol. The molecule has 3 heterocycles. The molecule has 128 valence electrons. The van der Waals surface area contributed by atoms with Gasteiger partial charge in [-0.2, -0.15) is 4.68 Å². The zero-order valence-corrected chi connectivity index (χ0v) is 14.2. The smallest absolute Gasteiger partial charge is 0.184 e. The number of piperazine rings is 1. The van der Waals surface area contributed by atoms with Crippen molar-refractivity contribution in [1.82, 2.24) is 24.9 Å². The van der Waals surface area contributed by atoms with Crippen molar-refractivity contribution >= 4 is 23.1 Å². The molecule has 1 fully saturated rings. The molecule has 0 spiro atoms. The van der Waals surface area contributed by atoms with E-state index in [1.807, 2.05) is 12.1 Å². The van der Waals surface area contributed by atoms with Gasteiger partial charge < -0.3 is 9.80 Å². The monoisotopic (exact) mass is 336 g/mol. The molecule has 0 amide bonds. The topological polar surface area (TPSA) is 67.2 Å². The highest BCUT2D eigenvalue weighted by molar-refractivity contribution is 5.79. The fourth-order valence-electron chi connectivity index (χ4n) is 3.19. The van der Waals surface area contributed by atoms with Gasteiger partial charge in [0, 0.05) is 31.9 Å². The van der Waals surface area contributed by atoms with E-state index in [2.05, 4.69) is 44.2 Å². The lowest BCUT2D eigenvalue weighted by Crippen LogP contribution is -2.46. The molecule has 3 aromatic rings. The molecule has 1 aromatic carbocycles. The minimum Gasteiger partial charge on any atom is -0.369 e. The van der Waals surface area contributed by atoms with E-state index in [0.717, 1.165) is 44.7 Å². The summed E-state index contributed by atoms with van der Waals surface area (Å²) in [6.07, 6.45) is 0.732. The van der Waals surface area contributed by atoms with Gasteiger partial charge in [0.05, 0.1) is 5.69 Å². The molecule has 1 aliphatic heterocycles. The molecule has 7 heteroatoms. The second-order valence-electron chi connectivity index (χ2n) is 6.14. The van der Waals surface area contributed by atoms with Gasteiger partial charge in [0.25, 0.3) is 0 Å². The van der Waals surface area contributed by atoms with Gasteiger partial charge in [-0.05, 0) is 42.9 Å². The maximum atomic E-state index is 11.0. The quantitative estimate of drug-likeness (QED) is 0.677. The van der Waals surface area contributed by atoms with Gasteiger partial charge in [0.15, 0.2) is 11.9 Å². The molecule has 0 N–H and O–H groups in total. The van der Waals surface area contributed by atoms with Crippen LogP contribution in [0.2, 0.25) is 0 Å². The number of aromatic nitrogens is 4. The van der Waals surface area contributed by atoms with Gasteiger partial charge in [-0.25, -0.2) is 4.98 Å². The third-order valence-corrected chi connectivity index (χ3v) is 4.72. The lowest BCUT2D eigenvalue weighted by Gasteiger charge is -2.35. The predicted octanol–water partition coefficient (Wildman–Crippen LogP) is 1.77. The van der Waals surface area contributed by atoms with Crippen LogP contribution in [-0.2, 0) is 0 Å². The summed E-state index contributed by atoms with van der Waals surface area (Å²) in [7, 11) is 0. The van der Waals surface area contributed by atoms with Crippen molar-refractivity contribution in [3.05, 3.63) is 42.1 Å². The number of aldehydes is 1. The number of carbonyl (C=O) groups is 1. The van der Waals surface area contributed by atoms with Crippen LogP contribution < -0.4 is 4.90 Å². The van der Waals surface area contributed by atoms with Crippen LogP contribution in [0, 0.1) is 0 Å². The van der Waals surface area contributed by atoms with Crippen LogP contribution in [-0.4, -0.2) is 63.9 Å². The standard InChI is InChI=1S/C18H20N6O/c1-2-22-9-11-23(12-10-22)15-4-6-16(7-5-15)24-18-17(20-21-24)8-3-14(13-25)19-18/h3-8,13H,2,9-12H2,1H3. The maximum Gasteiger partial charge on any atom is 0.184 e. The number of benzene rings is 1. The lowest BCUT2D eigenvalue weighted by atomic mass is 10.2. The molecule has 1 aliphatic rings. The van der Waals surface area contributed by atoms with Gasteiger partial charge in [-0.1, -0.05) is 12.1 Å². The van der Waals surface area contributed by atoms with Gasteiger partial charge >= 0.3 is 0 Å². The van der Waals surface area contributed by atoms with E-state index >= 15 is 0 Å². The largest absolute Gasteiger partial charge is 0.369 e. The highest BCUT2D eigenvalue weighted by Gasteiger charge is 2.16. The summed E-state index contributed by atoms with van der Waals surface area (Å²) in [5, 5.41) is 8.29. The van der Waals surface area contributed by atoms with Crippen LogP contribution in [0.4, 0.5) is 5.69 Å². The van der Waals surface area contributed by atoms with E-state index < -0.39 is 0 Å². The Labute approximate surface area is 145 Å². The van der Waals surface area contributed by atoms with Gasteiger partial charge in [-0.3, -0.25) is 4.79 Å². The number of hydrogen-bond acceptors (Lipinski definition) is 6. The molecule has 0 aliphatic carbocycles. The first-order valence-electron chi connectivity index (χ1n) is 8.54. The number of fused-ring (bicyclic) bond motifs is 1. The summed E-state index contributed by atoms with van der Waals surface area (Å²) in [4.78, 5) is 20.1. The molecule has 4 rings (SSSR count). The number of likely N-dealkylation sites (N-methyl/N-ethyl adjacent to an activating group) is 1. The number of carbonyl (C=O) groups excluding carboxylic acids is 1. The Balaban J connectivity index is 1.59. The second-order valence-corrected chi connectivity index (χ2v) is 6.14. The highest BCUT2D eigenvalue weighted by atomic mass is 16.1. The number of anilines is 1. The maximum absolute atomic E-state index is 11.0. The Bertz CT molecular complexity index is 880. The Hall–Kier alpha value is -2.80. The van der Waals surface area contributed by atoms with Crippen molar-refractivity contribution in [1.29, 1.82) is 0 Å². The number of hydrogen-bond donors (Lipinski definition) is 0. The number of rotatable bonds is 4. The van der Waals surface area contributed by atoms with Gasteiger partial charge in [0.2, 0.25) is 0 Å². The Morgan fingerprint density at radius 3 is 2.40 bits per heavy atom. The molecular formula is C18H20N6O.